The van der Waals surface area contributed by atoms with Crippen molar-refractivity contribution in [3.63, 3.8) is 0 Å². The summed E-state index contributed by atoms with van der Waals surface area (Å²) in [6, 6.07) is 5.46. The molecular formula is C18H23N3O5. The first-order valence-electron chi connectivity index (χ1n) is 8.57. The number of hydrogen-bond donors (Lipinski definition) is 1. The fourth-order valence-corrected chi connectivity index (χ4v) is 2.98. The van der Waals surface area contributed by atoms with Gasteiger partial charge in [0.2, 0.25) is 25.0 Å². The number of nitrogens with one attached hydrogen (secondary N) is 1. The molecule has 0 aromatic heterocycles. The van der Waals surface area contributed by atoms with E-state index >= 15 is 0 Å². The van der Waals surface area contributed by atoms with Crippen LogP contribution in [0.5, 0.6) is 11.5 Å². The minimum Gasteiger partial charge on any atom is -0.454 e. The van der Waals surface area contributed by atoms with Gasteiger partial charge in [0.1, 0.15) is 5.41 Å². The summed E-state index contributed by atoms with van der Waals surface area (Å²) in [4.78, 5) is 39.4. The molecule has 0 bridgehead atoms. The summed E-state index contributed by atoms with van der Waals surface area (Å²) in [6.07, 6.45) is 0.783. The highest BCUT2D eigenvalue weighted by atomic mass is 16.7. The van der Waals surface area contributed by atoms with Crippen LogP contribution in [0.25, 0.3) is 0 Å². The summed E-state index contributed by atoms with van der Waals surface area (Å²) >= 11 is 0. The number of ether oxygens (including phenoxy) is 2. The van der Waals surface area contributed by atoms with Crippen molar-refractivity contribution < 1.29 is 23.9 Å². The van der Waals surface area contributed by atoms with E-state index in [1.807, 2.05) is 12.1 Å². The maximum absolute atomic E-state index is 12.7. The van der Waals surface area contributed by atoms with Gasteiger partial charge in [-0.15, -0.1) is 0 Å². The van der Waals surface area contributed by atoms with Crippen molar-refractivity contribution >= 4 is 18.2 Å². The van der Waals surface area contributed by atoms with Gasteiger partial charge >= 0.3 is 0 Å². The van der Waals surface area contributed by atoms with E-state index in [-0.39, 0.29) is 18.6 Å². The zero-order valence-electron chi connectivity index (χ0n) is 15.0. The van der Waals surface area contributed by atoms with Gasteiger partial charge in [0.15, 0.2) is 11.5 Å². The van der Waals surface area contributed by atoms with Crippen LogP contribution in [0.1, 0.15) is 19.4 Å². The van der Waals surface area contributed by atoms with Gasteiger partial charge in [0, 0.05) is 32.7 Å². The van der Waals surface area contributed by atoms with Crippen LogP contribution < -0.4 is 14.8 Å². The molecule has 2 aliphatic heterocycles. The molecule has 1 fully saturated rings. The van der Waals surface area contributed by atoms with Crippen LogP contribution in [-0.2, 0) is 20.9 Å². The normalized spacial score (nSPS) is 16.4. The minimum absolute atomic E-state index is 0.198. The molecule has 8 nitrogen and oxygen atoms in total. The molecule has 0 radical (unpaired) electrons. The van der Waals surface area contributed by atoms with Crippen LogP contribution in [0.4, 0.5) is 0 Å². The molecule has 1 N–H and O–H groups in total. The molecule has 2 aliphatic rings. The molecule has 140 valence electrons. The highest BCUT2D eigenvalue weighted by molar-refractivity contribution is 6.04. The van der Waals surface area contributed by atoms with Gasteiger partial charge in [0.05, 0.1) is 0 Å². The Morgan fingerprint density at radius 2 is 1.85 bits per heavy atom. The fourth-order valence-electron chi connectivity index (χ4n) is 2.98. The highest BCUT2D eigenvalue weighted by Crippen LogP contribution is 2.32. The van der Waals surface area contributed by atoms with Crippen molar-refractivity contribution in [2.45, 2.75) is 20.4 Å². The lowest BCUT2D eigenvalue weighted by Crippen LogP contribution is -2.55. The second-order valence-electron chi connectivity index (χ2n) is 6.93. The highest BCUT2D eigenvalue weighted by Gasteiger charge is 2.39. The number of fused-ring (bicyclic) bond motifs is 1. The molecule has 8 heteroatoms. The number of nitrogens with zero attached hydrogens (tertiary/aromatic N) is 2. The first kappa shape index (κ1) is 18.0. The maximum Gasteiger partial charge on any atom is 0.237 e. The summed E-state index contributed by atoms with van der Waals surface area (Å²) < 4.78 is 10.6. The molecule has 0 spiro atoms. The predicted molar refractivity (Wildman–Crippen MR) is 92.4 cm³/mol. The smallest absolute Gasteiger partial charge is 0.237 e. The average molecular weight is 361 g/mol. The Bertz CT molecular complexity index is 711. The maximum atomic E-state index is 12.7. The van der Waals surface area contributed by atoms with Crippen LogP contribution >= 0.6 is 0 Å². The Morgan fingerprint density at radius 1 is 1.15 bits per heavy atom. The van der Waals surface area contributed by atoms with Gasteiger partial charge in [-0.05, 0) is 31.5 Å². The summed E-state index contributed by atoms with van der Waals surface area (Å²) in [5.41, 5.74) is -0.315. The van der Waals surface area contributed by atoms with Gasteiger partial charge in [-0.2, -0.15) is 0 Å². The lowest BCUT2D eigenvalue weighted by Gasteiger charge is -2.36. The van der Waals surface area contributed by atoms with E-state index < -0.39 is 5.41 Å². The molecule has 0 unspecified atom stereocenters. The van der Waals surface area contributed by atoms with Crippen molar-refractivity contribution in [1.29, 1.82) is 0 Å². The number of amides is 3. The average Bonchev–Trinajstić information content (AvgIpc) is 3.13. The Hall–Kier alpha value is -2.77. The van der Waals surface area contributed by atoms with E-state index in [9.17, 15) is 14.4 Å². The van der Waals surface area contributed by atoms with Gasteiger partial charge in [-0.3, -0.25) is 14.4 Å². The Morgan fingerprint density at radius 3 is 2.54 bits per heavy atom. The van der Waals surface area contributed by atoms with Crippen molar-refractivity contribution in [1.82, 2.24) is 15.1 Å². The lowest BCUT2D eigenvalue weighted by molar-refractivity contribution is -0.150. The van der Waals surface area contributed by atoms with Gasteiger partial charge in [-0.25, -0.2) is 0 Å². The standard InChI is InChI=1S/C18H23N3O5/c1-18(2,17(24)21-7-5-20(11-22)6-8-21)16(23)19-10-13-3-4-14-15(9-13)26-12-25-14/h3-4,9,11H,5-8,10,12H2,1-2H3,(H,19,23). The Labute approximate surface area is 152 Å². The van der Waals surface area contributed by atoms with Crippen LogP contribution in [0.2, 0.25) is 0 Å². The molecule has 2 heterocycles. The number of carbonyl (C=O) groups is 3. The first-order chi connectivity index (χ1) is 12.4. The van der Waals surface area contributed by atoms with Gasteiger partial charge < -0.3 is 24.6 Å². The van der Waals surface area contributed by atoms with Crippen molar-refractivity contribution in [2.75, 3.05) is 33.0 Å². The lowest BCUT2D eigenvalue weighted by atomic mass is 9.90. The number of carbonyl (C=O) groups excluding carboxylic acids is 3. The van der Waals surface area contributed by atoms with E-state index in [1.165, 1.54) is 0 Å². The fraction of sp³-hybridized carbons (Fsp3) is 0.500. The molecule has 0 aliphatic carbocycles. The quantitative estimate of drug-likeness (QED) is 0.604. The van der Waals surface area contributed by atoms with Gasteiger partial charge in [0.25, 0.3) is 0 Å². The minimum atomic E-state index is -1.18. The van der Waals surface area contributed by atoms with Crippen LogP contribution in [0, 0.1) is 5.41 Å². The van der Waals surface area contributed by atoms with Crippen LogP contribution in [-0.4, -0.2) is 61.0 Å². The molecule has 3 amide bonds. The largest absolute Gasteiger partial charge is 0.454 e. The predicted octanol–water partition coefficient (Wildman–Crippen LogP) is 0.358. The van der Waals surface area contributed by atoms with E-state index in [2.05, 4.69) is 5.32 Å². The zero-order chi connectivity index (χ0) is 18.7. The molecule has 1 aromatic rings. The zero-order valence-corrected chi connectivity index (χ0v) is 15.0. The summed E-state index contributed by atoms with van der Waals surface area (Å²) in [6.45, 7) is 5.60. The number of hydrogen-bond acceptors (Lipinski definition) is 5. The number of benzene rings is 1. The summed E-state index contributed by atoms with van der Waals surface area (Å²) in [5.74, 6) is 0.773. The third-order valence-corrected chi connectivity index (χ3v) is 4.74. The number of piperazine rings is 1. The van der Waals surface area contributed by atoms with Crippen molar-refractivity contribution in [3.8, 4) is 11.5 Å². The van der Waals surface area contributed by atoms with Crippen LogP contribution in [0.15, 0.2) is 18.2 Å². The topological polar surface area (TPSA) is 88.2 Å². The third kappa shape index (κ3) is 3.58. The Balaban J connectivity index is 1.57. The SMILES string of the molecule is CC(C)(C(=O)NCc1ccc2c(c1)OCO2)C(=O)N1CCN(C=O)CC1. The van der Waals surface area contributed by atoms with Crippen molar-refractivity contribution in [2.24, 2.45) is 5.41 Å². The molecule has 0 saturated carbocycles. The van der Waals surface area contributed by atoms with Crippen LogP contribution in [0.3, 0.4) is 0 Å². The monoisotopic (exact) mass is 361 g/mol. The van der Waals surface area contributed by atoms with E-state index in [0.29, 0.717) is 44.2 Å². The molecule has 26 heavy (non-hydrogen) atoms. The van der Waals surface area contributed by atoms with E-state index in [4.69, 9.17) is 9.47 Å². The molecule has 3 rings (SSSR count). The Kier molecular flexibility index (Phi) is 5.01. The third-order valence-electron chi connectivity index (χ3n) is 4.74. The summed E-state index contributed by atoms with van der Waals surface area (Å²) in [7, 11) is 0. The van der Waals surface area contributed by atoms with E-state index in [1.54, 1.807) is 29.7 Å². The van der Waals surface area contributed by atoms with Gasteiger partial charge in [-0.1, -0.05) is 6.07 Å². The first-order valence-corrected chi connectivity index (χ1v) is 8.57. The molecule has 1 aromatic carbocycles. The van der Waals surface area contributed by atoms with Crippen molar-refractivity contribution in [3.05, 3.63) is 23.8 Å². The molecular weight excluding hydrogens is 338 g/mol. The molecule has 1 saturated heterocycles. The molecule has 0 atom stereocenters. The number of rotatable bonds is 5. The second-order valence-corrected chi connectivity index (χ2v) is 6.93. The van der Waals surface area contributed by atoms with E-state index in [0.717, 1.165) is 12.0 Å². The summed E-state index contributed by atoms with van der Waals surface area (Å²) in [5, 5.41) is 2.82. The second kappa shape index (κ2) is 7.23.